The number of nitro benzene ring substituents is 1. The first-order chi connectivity index (χ1) is 17.3. The van der Waals surface area contributed by atoms with E-state index in [1.165, 1.54) is 25.2 Å². The van der Waals surface area contributed by atoms with Crippen LogP contribution in [0.1, 0.15) is 22.6 Å². The van der Waals surface area contributed by atoms with Crippen LogP contribution in [0.4, 0.5) is 21.9 Å². The van der Waals surface area contributed by atoms with Crippen molar-refractivity contribution >= 4 is 46.3 Å². The number of nitrogens with one attached hydrogen (secondary N) is 1. The minimum Gasteiger partial charge on any atom is -0.325 e. The minimum absolute atomic E-state index is 0.111. The highest BCUT2D eigenvalue weighted by Gasteiger charge is 2.36. The van der Waals surface area contributed by atoms with E-state index in [4.69, 9.17) is 4.99 Å². The van der Waals surface area contributed by atoms with Crippen molar-refractivity contribution in [3.8, 4) is 0 Å². The highest BCUT2D eigenvalue weighted by atomic mass is 16.6. The Bertz CT molecular complexity index is 1480. The fraction of sp³-hybridized carbons (Fsp3) is 0.115. The van der Waals surface area contributed by atoms with Gasteiger partial charge in [-0.05, 0) is 29.3 Å². The average molecular weight is 481 g/mol. The number of rotatable bonds is 6. The molecule has 0 aromatic heterocycles. The van der Waals surface area contributed by atoms with E-state index < -0.39 is 22.8 Å². The maximum atomic E-state index is 13.0. The zero-order chi connectivity index (χ0) is 25.4. The van der Waals surface area contributed by atoms with Crippen molar-refractivity contribution in [3.05, 3.63) is 99.6 Å². The van der Waals surface area contributed by atoms with Crippen molar-refractivity contribution in [2.75, 3.05) is 12.4 Å². The molecule has 0 saturated carbocycles. The van der Waals surface area contributed by atoms with Crippen LogP contribution in [-0.4, -0.2) is 46.1 Å². The minimum atomic E-state index is -0.839. The summed E-state index contributed by atoms with van der Waals surface area (Å²) in [4.78, 5) is 57.1. The van der Waals surface area contributed by atoms with E-state index in [2.05, 4.69) is 10.3 Å². The van der Waals surface area contributed by atoms with Gasteiger partial charge < -0.3 is 5.32 Å². The van der Waals surface area contributed by atoms with E-state index in [9.17, 15) is 24.5 Å². The van der Waals surface area contributed by atoms with Crippen LogP contribution in [-0.2, 0) is 16.0 Å². The molecule has 0 aliphatic carbocycles. The number of carbonyl (C=O) groups is 3. The molecule has 4 amide bonds. The fourth-order valence-corrected chi connectivity index (χ4v) is 4.19. The van der Waals surface area contributed by atoms with Crippen LogP contribution >= 0.6 is 0 Å². The molecule has 10 heteroatoms. The van der Waals surface area contributed by atoms with Crippen LogP contribution in [0.15, 0.2) is 82.8 Å². The van der Waals surface area contributed by atoms with E-state index in [0.29, 0.717) is 28.2 Å². The second-order valence-electron chi connectivity index (χ2n) is 8.36. The Labute approximate surface area is 205 Å². The Kier molecular flexibility index (Phi) is 5.69. The van der Waals surface area contributed by atoms with E-state index >= 15 is 0 Å². The molecule has 1 unspecified atom stereocenters. The number of imide groups is 1. The maximum absolute atomic E-state index is 13.0. The van der Waals surface area contributed by atoms with Crippen molar-refractivity contribution < 1.29 is 19.3 Å². The zero-order valence-electron chi connectivity index (χ0n) is 19.0. The van der Waals surface area contributed by atoms with Gasteiger partial charge in [0.05, 0.1) is 16.3 Å². The summed E-state index contributed by atoms with van der Waals surface area (Å²) in [5, 5.41) is 14.1. The molecule has 0 saturated heterocycles. The topological polar surface area (TPSA) is 134 Å². The fourth-order valence-electron chi connectivity index (χ4n) is 4.19. The van der Waals surface area contributed by atoms with Crippen molar-refractivity contribution in [2.45, 2.75) is 12.3 Å². The van der Waals surface area contributed by atoms with Gasteiger partial charge in [0.15, 0.2) is 0 Å². The molecule has 36 heavy (non-hydrogen) atoms. The van der Waals surface area contributed by atoms with Crippen LogP contribution in [0.25, 0.3) is 0 Å². The van der Waals surface area contributed by atoms with Crippen LogP contribution in [0.3, 0.4) is 0 Å². The van der Waals surface area contributed by atoms with Crippen molar-refractivity contribution in [2.24, 2.45) is 9.98 Å². The highest BCUT2D eigenvalue weighted by Crippen LogP contribution is 2.38. The van der Waals surface area contributed by atoms with Gasteiger partial charge in [-0.15, -0.1) is 0 Å². The molecule has 10 nitrogen and oxygen atoms in total. The molecular weight excluding hydrogens is 462 g/mol. The molecular formula is C26H19N5O5. The second-order valence-corrected chi connectivity index (χ2v) is 8.36. The monoisotopic (exact) mass is 481 g/mol. The normalized spacial score (nSPS) is 17.2. The number of amides is 4. The zero-order valence-corrected chi connectivity index (χ0v) is 19.0. The summed E-state index contributed by atoms with van der Waals surface area (Å²) in [6, 6.07) is 19.9. The lowest BCUT2D eigenvalue weighted by molar-refractivity contribution is -0.384. The number of benzene rings is 3. The summed E-state index contributed by atoms with van der Waals surface area (Å²) < 4.78 is 0. The van der Waals surface area contributed by atoms with Gasteiger partial charge in [0.2, 0.25) is 5.91 Å². The molecule has 0 bridgehead atoms. The predicted octanol–water partition coefficient (Wildman–Crippen LogP) is 4.03. The van der Waals surface area contributed by atoms with E-state index in [-0.39, 0.29) is 23.7 Å². The van der Waals surface area contributed by atoms with Gasteiger partial charge in [0.25, 0.3) is 11.6 Å². The third-order valence-corrected chi connectivity index (χ3v) is 6.05. The SMILES string of the molecule is CN1C(=O)N=C(Cc2ccc(N=C(c3ccccc3)C3C(=O)Nc4ccc([N+](=O)[O-])cc43)cc2)C1=O. The smallest absolute Gasteiger partial charge is 0.325 e. The summed E-state index contributed by atoms with van der Waals surface area (Å²) in [7, 11) is 1.38. The second kappa shape index (κ2) is 8.99. The number of urea groups is 1. The molecule has 1 N–H and O–H groups in total. The first-order valence-electron chi connectivity index (χ1n) is 11.0. The van der Waals surface area contributed by atoms with Gasteiger partial charge in [-0.25, -0.2) is 4.79 Å². The standard InChI is InChI=1S/C26H19N5O5/c1-30-25(33)21(29-26(30)34)13-15-7-9-17(10-8-15)27-23(16-5-3-2-4-6-16)22-19-14-18(31(35)36)11-12-20(19)28-24(22)32/h2-12,14,22H,13H2,1H3,(H,28,32). The first kappa shape index (κ1) is 22.8. The molecule has 1 atom stereocenters. The molecule has 5 rings (SSSR count). The number of nitrogens with zero attached hydrogens (tertiary/aromatic N) is 4. The molecule has 3 aromatic rings. The number of anilines is 1. The van der Waals surface area contributed by atoms with Crippen molar-refractivity contribution in [3.63, 3.8) is 0 Å². The molecule has 0 spiro atoms. The Morgan fingerprint density at radius 1 is 1.06 bits per heavy atom. The van der Waals surface area contributed by atoms with Gasteiger partial charge in [0, 0.05) is 36.9 Å². The summed E-state index contributed by atoms with van der Waals surface area (Å²) in [6.45, 7) is 0. The first-order valence-corrected chi connectivity index (χ1v) is 11.0. The van der Waals surface area contributed by atoms with Crippen LogP contribution in [0.2, 0.25) is 0 Å². The molecule has 3 aromatic carbocycles. The number of carbonyl (C=O) groups excluding carboxylic acids is 3. The molecule has 0 fully saturated rings. The largest absolute Gasteiger partial charge is 0.350 e. The number of non-ortho nitro benzene ring substituents is 1. The van der Waals surface area contributed by atoms with Crippen molar-refractivity contribution in [1.82, 2.24) is 4.90 Å². The third-order valence-electron chi connectivity index (χ3n) is 6.05. The highest BCUT2D eigenvalue weighted by molar-refractivity contribution is 6.46. The lowest BCUT2D eigenvalue weighted by Crippen LogP contribution is -2.29. The molecule has 2 aliphatic rings. The summed E-state index contributed by atoms with van der Waals surface area (Å²) in [6.07, 6.45) is 0.201. The number of aliphatic imine (C=N–C) groups is 2. The van der Waals surface area contributed by atoms with Crippen LogP contribution < -0.4 is 5.32 Å². The Morgan fingerprint density at radius 2 is 1.78 bits per heavy atom. The van der Waals surface area contributed by atoms with Crippen molar-refractivity contribution in [1.29, 1.82) is 0 Å². The van der Waals surface area contributed by atoms with Crippen LogP contribution in [0, 0.1) is 10.1 Å². The van der Waals surface area contributed by atoms with E-state index in [1.807, 2.05) is 30.3 Å². The third kappa shape index (κ3) is 4.16. The Balaban J connectivity index is 1.51. The Morgan fingerprint density at radius 3 is 2.42 bits per heavy atom. The molecule has 0 radical (unpaired) electrons. The number of hydrogen-bond donors (Lipinski definition) is 1. The Hall–Kier alpha value is -4.99. The number of nitro groups is 1. The van der Waals surface area contributed by atoms with Gasteiger partial charge in [-0.3, -0.25) is 29.6 Å². The van der Waals surface area contributed by atoms with E-state index in [1.54, 1.807) is 24.3 Å². The molecule has 2 heterocycles. The summed E-state index contributed by atoms with van der Waals surface area (Å²) in [5.74, 6) is -1.58. The average Bonchev–Trinajstić information content (AvgIpc) is 3.33. The van der Waals surface area contributed by atoms with Gasteiger partial charge in [-0.1, -0.05) is 42.5 Å². The number of hydrogen-bond acceptors (Lipinski definition) is 6. The summed E-state index contributed by atoms with van der Waals surface area (Å²) in [5.41, 5.74) is 3.53. The lowest BCUT2D eigenvalue weighted by atomic mass is 9.90. The van der Waals surface area contributed by atoms with Gasteiger partial charge in [-0.2, -0.15) is 4.99 Å². The van der Waals surface area contributed by atoms with Gasteiger partial charge in [0.1, 0.15) is 11.6 Å². The molecule has 178 valence electrons. The lowest BCUT2D eigenvalue weighted by Gasteiger charge is -2.14. The maximum Gasteiger partial charge on any atom is 0.350 e. The predicted molar refractivity (Wildman–Crippen MR) is 133 cm³/mol. The number of fused-ring (bicyclic) bond motifs is 1. The van der Waals surface area contributed by atoms with E-state index in [0.717, 1.165) is 10.5 Å². The van der Waals surface area contributed by atoms with Gasteiger partial charge >= 0.3 is 6.03 Å². The molecule has 2 aliphatic heterocycles. The quantitative estimate of drug-likeness (QED) is 0.322. The summed E-state index contributed by atoms with van der Waals surface area (Å²) >= 11 is 0. The van der Waals surface area contributed by atoms with Crippen LogP contribution in [0.5, 0.6) is 0 Å².